The van der Waals surface area contributed by atoms with E-state index in [2.05, 4.69) is 0 Å². The number of carboxylic acid groups (broad SMARTS) is 1. The Kier molecular flexibility index (Phi) is 4.49. The van der Waals surface area contributed by atoms with Crippen molar-refractivity contribution in [1.29, 1.82) is 0 Å². The normalized spacial score (nSPS) is 12.1. The van der Waals surface area contributed by atoms with Gasteiger partial charge in [-0.1, -0.05) is 13.0 Å². The van der Waals surface area contributed by atoms with E-state index >= 15 is 0 Å². The van der Waals surface area contributed by atoms with Crippen LogP contribution in [0.5, 0.6) is 0 Å². The second-order valence-corrected chi connectivity index (χ2v) is 4.51. The van der Waals surface area contributed by atoms with Crippen LogP contribution in [0, 0.1) is 5.92 Å². The molecule has 5 heteroatoms. The minimum Gasteiger partial charge on any atom is -0.481 e. The van der Waals surface area contributed by atoms with E-state index in [1.807, 2.05) is 18.4 Å². The molecule has 0 bridgehead atoms. The van der Waals surface area contributed by atoms with Gasteiger partial charge in [0.05, 0.1) is 10.8 Å². The molecule has 0 saturated carbocycles. The first-order valence-electron chi connectivity index (χ1n) is 5.11. The zero-order valence-electron chi connectivity index (χ0n) is 9.34. The molecule has 88 valence electrons. The van der Waals surface area contributed by atoms with Gasteiger partial charge in [0, 0.05) is 13.1 Å². The average Bonchev–Trinajstić information content (AvgIpc) is 2.77. The molecule has 0 aromatic carbocycles. The van der Waals surface area contributed by atoms with Gasteiger partial charge < -0.3 is 10.0 Å². The summed E-state index contributed by atoms with van der Waals surface area (Å²) in [6.07, 6.45) is 0. The molecule has 1 heterocycles. The number of hydrogen-bond donors (Lipinski definition) is 1. The molecule has 1 atom stereocenters. The number of amides is 1. The molecule has 1 unspecified atom stereocenters. The molecule has 16 heavy (non-hydrogen) atoms. The van der Waals surface area contributed by atoms with E-state index < -0.39 is 11.9 Å². The van der Waals surface area contributed by atoms with Gasteiger partial charge in [0.25, 0.3) is 5.91 Å². The van der Waals surface area contributed by atoms with Crippen LogP contribution in [0.1, 0.15) is 23.5 Å². The molecule has 0 aliphatic carbocycles. The Bertz CT molecular complexity index is 361. The topological polar surface area (TPSA) is 57.6 Å². The molecule has 1 aromatic heterocycles. The first kappa shape index (κ1) is 12.7. The molecular formula is C11H15NO3S. The fourth-order valence-electron chi connectivity index (χ4n) is 1.32. The number of rotatable bonds is 5. The van der Waals surface area contributed by atoms with Crippen molar-refractivity contribution >= 4 is 23.2 Å². The molecule has 0 spiro atoms. The van der Waals surface area contributed by atoms with Crippen molar-refractivity contribution in [3.8, 4) is 0 Å². The molecule has 0 saturated heterocycles. The van der Waals surface area contributed by atoms with Gasteiger partial charge in [-0.05, 0) is 18.4 Å². The molecule has 1 amide bonds. The molecule has 0 fully saturated rings. The highest BCUT2D eigenvalue weighted by Gasteiger charge is 2.20. The van der Waals surface area contributed by atoms with E-state index in [1.165, 1.54) is 11.3 Å². The zero-order valence-corrected chi connectivity index (χ0v) is 10.2. The van der Waals surface area contributed by atoms with E-state index in [0.717, 1.165) is 0 Å². The third-order valence-electron chi connectivity index (χ3n) is 2.32. The summed E-state index contributed by atoms with van der Waals surface area (Å²) >= 11 is 1.37. The second-order valence-electron chi connectivity index (χ2n) is 3.56. The minimum absolute atomic E-state index is 0.0920. The minimum atomic E-state index is -0.877. The van der Waals surface area contributed by atoms with Crippen LogP contribution in [0.25, 0.3) is 0 Å². The van der Waals surface area contributed by atoms with Crippen molar-refractivity contribution in [1.82, 2.24) is 4.90 Å². The summed E-state index contributed by atoms with van der Waals surface area (Å²) in [6.45, 7) is 4.23. The number of nitrogens with zero attached hydrogens (tertiary/aromatic N) is 1. The Balaban J connectivity index is 2.68. The number of thiophene rings is 1. The Hall–Kier alpha value is -1.36. The van der Waals surface area contributed by atoms with Gasteiger partial charge in [-0.25, -0.2) is 0 Å². The molecule has 1 aromatic rings. The summed E-state index contributed by atoms with van der Waals surface area (Å²) in [6, 6.07) is 3.56. The first-order valence-corrected chi connectivity index (χ1v) is 5.99. The first-order chi connectivity index (χ1) is 7.56. The van der Waals surface area contributed by atoms with Crippen molar-refractivity contribution in [3.05, 3.63) is 22.4 Å². The highest BCUT2D eigenvalue weighted by molar-refractivity contribution is 7.12. The zero-order chi connectivity index (χ0) is 12.1. The van der Waals surface area contributed by atoms with Crippen LogP contribution in [0.4, 0.5) is 0 Å². The second kappa shape index (κ2) is 5.65. The highest BCUT2D eigenvalue weighted by Crippen LogP contribution is 2.13. The predicted octanol–water partition coefficient (Wildman–Crippen LogP) is 1.93. The quantitative estimate of drug-likeness (QED) is 0.857. The van der Waals surface area contributed by atoms with Crippen molar-refractivity contribution in [2.45, 2.75) is 13.8 Å². The maximum atomic E-state index is 11.9. The van der Waals surface area contributed by atoms with Gasteiger partial charge in [0.1, 0.15) is 0 Å². The van der Waals surface area contributed by atoms with E-state index in [0.29, 0.717) is 11.4 Å². The summed E-state index contributed by atoms with van der Waals surface area (Å²) in [5.74, 6) is -1.51. The molecule has 0 radical (unpaired) electrons. The van der Waals surface area contributed by atoms with Crippen molar-refractivity contribution in [3.63, 3.8) is 0 Å². The Morgan fingerprint density at radius 1 is 1.56 bits per heavy atom. The van der Waals surface area contributed by atoms with Crippen molar-refractivity contribution < 1.29 is 14.7 Å². The van der Waals surface area contributed by atoms with E-state index in [9.17, 15) is 9.59 Å². The van der Waals surface area contributed by atoms with E-state index in [1.54, 1.807) is 17.9 Å². The Morgan fingerprint density at radius 2 is 2.25 bits per heavy atom. The molecule has 4 nitrogen and oxygen atoms in total. The van der Waals surface area contributed by atoms with Crippen LogP contribution >= 0.6 is 11.3 Å². The summed E-state index contributed by atoms with van der Waals surface area (Å²) < 4.78 is 0. The van der Waals surface area contributed by atoms with E-state index in [4.69, 9.17) is 5.11 Å². The summed E-state index contributed by atoms with van der Waals surface area (Å²) in [7, 11) is 0. The highest BCUT2D eigenvalue weighted by atomic mass is 32.1. The maximum Gasteiger partial charge on any atom is 0.308 e. The Labute approximate surface area is 98.5 Å². The number of carboxylic acids is 1. The summed E-state index contributed by atoms with van der Waals surface area (Å²) in [5.41, 5.74) is 0. The van der Waals surface area contributed by atoms with Gasteiger partial charge in [-0.15, -0.1) is 11.3 Å². The lowest BCUT2D eigenvalue weighted by atomic mass is 10.1. The van der Waals surface area contributed by atoms with Gasteiger partial charge >= 0.3 is 5.97 Å². The van der Waals surface area contributed by atoms with Crippen molar-refractivity contribution in [2.75, 3.05) is 13.1 Å². The fraction of sp³-hybridized carbons (Fsp3) is 0.455. The van der Waals surface area contributed by atoms with Crippen LogP contribution in [0.3, 0.4) is 0 Å². The molecule has 0 aliphatic heterocycles. The van der Waals surface area contributed by atoms with Crippen LogP contribution in [-0.4, -0.2) is 35.0 Å². The van der Waals surface area contributed by atoms with Gasteiger partial charge in [-0.2, -0.15) is 0 Å². The summed E-state index contributed by atoms with van der Waals surface area (Å²) in [4.78, 5) is 24.9. The lowest BCUT2D eigenvalue weighted by Crippen LogP contribution is -2.36. The SMILES string of the molecule is CCN(CC(C)C(=O)O)C(=O)c1cccs1. The largest absolute Gasteiger partial charge is 0.481 e. The van der Waals surface area contributed by atoms with Gasteiger partial charge in [-0.3, -0.25) is 9.59 Å². The van der Waals surface area contributed by atoms with Crippen molar-refractivity contribution in [2.24, 2.45) is 5.92 Å². The molecular weight excluding hydrogens is 226 g/mol. The third-order valence-corrected chi connectivity index (χ3v) is 3.17. The number of carbonyl (C=O) groups is 2. The molecule has 0 aliphatic rings. The lowest BCUT2D eigenvalue weighted by molar-refractivity contribution is -0.141. The molecule has 1 N–H and O–H groups in total. The smallest absolute Gasteiger partial charge is 0.308 e. The van der Waals surface area contributed by atoms with Crippen LogP contribution in [-0.2, 0) is 4.79 Å². The standard InChI is InChI=1S/C11H15NO3S/c1-3-12(7-8(2)11(14)15)10(13)9-5-4-6-16-9/h4-6,8H,3,7H2,1-2H3,(H,14,15). The average molecular weight is 241 g/mol. The summed E-state index contributed by atoms with van der Waals surface area (Å²) in [5, 5.41) is 10.6. The number of hydrogen-bond acceptors (Lipinski definition) is 3. The predicted molar refractivity (Wildman–Crippen MR) is 62.7 cm³/mol. The van der Waals surface area contributed by atoms with Gasteiger partial charge in [0.2, 0.25) is 0 Å². The third kappa shape index (κ3) is 3.06. The maximum absolute atomic E-state index is 11.9. The lowest BCUT2D eigenvalue weighted by Gasteiger charge is -2.22. The molecule has 1 rings (SSSR count). The number of aliphatic carboxylic acids is 1. The fourth-order valence-corrected chi connectivity index (χ4v) is 2.01. The van der Waals surface area contributed by atoms with Crippen LogP contribution in [0.15, 0.2) is 17.5 Å². The van der Waals surface area contributed by atoms with Gasteiger partial charge in [0.15, 0.2) is 0 Å². The van der Waals surface area contributed by atoms with Crippen LogP contribution < -0.4 is 0 Å². The van der Waals surface area contributed by atoms with Crippen LogP contribution in [0.2, 0.25) is 0 Å². The number of carbonyl (C=O) groups excluding carboxylic acids is 1. The Morgan fingerprint density at radius 3 is 2.69 bits per heavy atom. The monoisotopic (exact) mass is 241 g/mol. The van der Waals surface area contributed by atoms with E-state index in [-0.39, 0.29) is 12.5 Å².